The van der Waals surface area contributed by atoms with E-state index in [9.17, 15) is 4.79 Å². The van der Waals surface area contributed by atoms with Gasteiger partial charge < -0.3 is 10.1 Å². The van der Waals surface area contributed by atoms with E-state index in [1.807, 2.05) is 12.1 Å². The summed E-state index contributed by atoms with van der Waals surface area (Å²) in [5.41, 5.74) is 4.80. The highest BCUT2D eigenvalue weighted by Crippen LogP contribution is 2.37. The molecule has 142 valence electrons. The van der Waals surface area contributed by atoms with Crippen LogP contribution in [0.4, 0.5) is 11.5 Å². The van der Waals surface area contributed by atoms with E-state index < -0.39 is 0 Å². The highest BCUT2D eigenvalue weighted by molar-refractivity contribution is 7.17. The van der Waals surface area contributed by atoms with Crippen LogP contribution in [0.1, 0.15) is 15.9 Å². The number of aryl methyl sites for hydroxylation is 1. The van der Waals surface area contributed by atoms with Crippen LogP contribution in [0.2, 0.25) is 0 Å². The Labute approximate surface area is 172 Å². The fourth-order valence-corrected chi connectivity index (χ4v) is 3.78. The van der Waals surface area contributed by atoms with Crippen molar-refractivity contribution < 1.29 is 9.53 Å². The number of anilines is 2. The number of nitrogens with zero attached hydrogens (tertiary/aromatic N) is 2. The third-order valence-corrected chi connectivity index (χ3v) is 5.19. The van der Waals surface area contributed by atoms with Crippen LogP contribution in [0.5, 0.6) is 0 Å². The van der Waals surface area contributed by atoms with Crippen LogP contribution < -0.4 is 5.32 Å². The zero-order chi connectivity index (χ0) is 18.8. The van der Waals surface area contributed by atoms with Crippen LogP contribution in [0.15, 0.2) is 60.2 Å². The van der Waals surface area contributed by atoms with Gasteiger partial charge in [-0.25, -0.2) is 14.8 Å². The van der Waals surface area contributed by atoms with Crippen LogP contribution in [0.3, 0.4) is 0 Å². The van der Waals surface area contributed by atoms with Crippen LogP contribution in [0.25, 0.3) is 21.3 Å². The number of fused-ring (bicyclic) bond motifs is 1. The first-order valence-electron chi connectivity index (χ1n) is 8.40. The number of ether oxygens (including phenoxy) is 1. The summed E-state index contributed by atoms with van der Waals surface area (Å²) in [6.07, 6.45) is 1.56. The van der Waals surface area contributed by atoms with Gasteiger partial charge in [0, 0.05) is 16.6 Å². The van der Waals surface area contributed by atoms with Crippen molar-refractivity contribution in [3.8, 4) is 11.1 Å². The first kappa shape index (κ1) is 19.8. The van der Waals surface area contributed by atoms with Gasteiger partial charge in [0.2, 0.25) is 0 Å². The van der Waals surface area contributed by atoms with E-state index in [-0.39, 0.29) is 18.4 Å². The molecule has 0 aliphatic heterocycles. The third-order valence-electron chi connectivity index (χ3n) is 4.30. The lowest BCUT2D eigenvalue weighted by Crippen LogP contribution is -2.01. The highest BCUT2D eigenvalue weighted by Gasteiger charge is 2.13. The van der Waals surface area contributed by atoms with Gasteiger partial charge in [-0.1, -0.05) is 29.8 Å². The Bertz CT molecular complexity index is 1110. The predicted molar refractivity (Wildman–Crippen MR) is 116 cm³/mol. The van der Waals surface area contributed by atoms with Gasteiger partial charge in [-0.15, -0.1) is 23.7 Å². The topological polar surface area (TPSA) is 64.1 Å². The van der Waals surface area contributed by atoms with Crippen molar-refractivity contribution in [2.24, 2.45) is 0 Å². The second kappa shape index (κ2) is 8.37. The van der Waals surface area contributed by atoms with E-state index in [4.69, 9.17) is 4.74 Å². The summed E-state index contributed by atoms with van der Waals surface area (Å²) >= 11 is 1.59. The van der Waals surface area contributed by atoms with E-state index in [1.165, 1.54) is 12.7 Å². The minimum Gasteiger partial charge on any atom is -0.465 e. The quantitative estimate of drug-likeness (QED) is 0.441. The summed E-state index contributed by atoms with van der Waals surface area (Å²) in [4.78, 5) is 21.4. The number of hydrogen-bond donors (Lipinski definition) is 1. The molecule has 0 unspecified atom stereocenters. The fraction of sp³-hybridized carbons (Fsp3) is 0.0952. The van der Waals surface area contributed by atoms with Crippen molar-refractivity contribution in [3.63, 3.8) is 0 Å². The molecule has 2 heterocycles. The van der Waals surface area contributed by atoms with Crippen LogP contribution in [-0.4, -0.2) is 23.0 Å². The number of rotatable bonds is 4. The minimum atomic E-state index is -0.356. The number of hydrogen-bond acceptors (Lipinski definition) is 6. The summed E-state index contributed by atoms with van der Waals surface area (Å²) in [5, 5.41) is 6.44. The van der Waals surface area contributed by atoms with Crippen molar-refractivity contribution in [2.75, 3.05) is 12.4 Å². The number of halogens is 1. The van der Waals surface area contributed by atoms with E-state index >= 15 is 0 Å². The molecule has 28 heavy (non-hydrogen) atoms. The lowest BCUT2D eigenvalue weighted by Gasteiger charge is -2.09. The lowest BCUT2D eigenvalue weighted by molar-refractivity contribution is 0.0601. The molecule has 0 saturated carbocycles. The van der Waals surface area contributed by atoms with Gasteiger partial charge in [0.25, 0.3) is 0 Å². The van der Waals surface area contributed by atoms with Crippen molar-refractivity contribution in [2.45, 2.75) is 6.92 Å². The molecule has 4 aromatic rings. The average molecular weight is 412 g/mol. The Morgan fingerprint density at radius 1 is 1.04 bits per heavy atom. The van der Waals surface area contributed by atoms with Gasteiger partial charge in [0.1, 0.15) is 17.0 Å². The van der Waals surface area contributed by atoms with Crippen LogP contribution in [-0.2, 0) is 4.74 Å². The normalized spacial score (nSPS) is 10.4. The Balaban J connectivity index is 0.00000225. The molecule has 0 bridgehead atoms. The van der Waals surface area contributed by atoms with E-state index in [1.54, 1.807) is 29.8 Å². The largest absolute Gasteiger partial charge is 0.465 e. The molecule has 2 aromatic heterocycles. The first-order chi connectivity index (χ1) is 13.2. The number of carbonyl (C=O) groups is 1. The highest BCUT2D eigenvalue weighted by atomic mass is 35.5. The molecule has 7 heteroatoms. The van der Waals surface area contributed by atoms with Gasteiger partial charge in [0.05, 0.1) is 18.1 Å². The van der Waals surface area contributed by atoms with Gasteiger partial charge in [-0.3, -0.25) is 0 Å². The number of benzene rings is 2. The van der Waals surface area contributed by atoms with E-state index in [0.717, 1.165) is 32.8 Å². The van der Waals surface area contributed by atoms with Crippen molar-refractivity contribution in [1.29, 1.82) is 0 Å². The molecule has 0 aliphatic carbocycles. The van der Waals surface area contributed by atoms with E-state index in [0.29, 0.717) is 5.56 Å². The molecule has 5 nitrogen and oxygen atoms in total. The number of thiophene rings is 1. The van der Waals surface area contributed by atoms with Crippen molar-refractivity contribution in [3.05, 3.63) is 71.4 Å². The molecule has 0 aliphatic rings. The molecule has 2 aromatic carbocycles. The Morgan fingerprint density at radius 2 is 1.75 bits per heavy atom. The van der Waals surface area contributed by atoms with Gasteiger partial charge in [0.15, 0.2) is 0 Å². The Kier molecular flexibility index (Phi) is 5.92. The summed E-state index contributed by atoms with van der Waals surface area (Å²) in [5.74, 6) is 0.383. The molecule has 4 rings (SSSR count). The van der Waals surface area contributed by atoms with E-state index in [2.05, 4.69) is 51.9 Å². The van der Waals surface area contributed by atoms with Gasteiger partial charge in [-0.2, -0.15) is 0 Å². The Hall–Kier alpha value is -2.96. The summed E-state index contributed by atoms with van der Waals surface area (Å²) in [6, 6.07) is 15.5. The zero-order valence-electron chi connectivity index (χ0n) is 15.3. The average Bonchev–Trinajstić information content (AvgIpc) is 3.14. The van der Waals surface area contributed by atoms with Crippen molar-refractivity contribution in [1.82, 2.24) is 9.97 Å². The SMILES string of the molecule is COC(=O)c1ccc(Nc2ncnc3scc(-c4ccc(C)cc4)c23)cc1.Cl. The standard InChI is InChI=1S/C21H17N3O2S.ClH/c1-13-3-5-14(6-4-13)17-11-27-20-18(17)19(22-12-23-20)24-16-9-7-15(8-10-16)21(25)26-2;/h3-12H,1-2H3,(H,22,23,24);1H. The fourth-order valence-electron chi connectivity index (χ4n) is 2.86. The predicted octanol–water partition coefficient (Wildman–Crippen LogP) is 5.62. The second-order valence-corrected chi connectivity index (χ2v) is 6.97. The molecule has 0 fully saturated rings. The third kappa shape index (κ3) is 3.83. The number of carbonyl (C=O) groups excluding carboxylic acids is 1. The smallest absolute Gasteiger partial charge is 0.337 e. The molecule has 1 N–H and O–H groups in total. The maximum atomic E-state index is 11.6. The van der Waals surface area contributed by atoms with Crippen LogP contribution >= 0.6 is 23.7 Å². The molecule has 0 atom stereocenters. The summed E-state index contributed by atoms with van der Waals surface area (Å²) < 4.78 is 4.74. The monoisotopic (exact) mass is 411 g/mol. The first-order valence-corrected chi connectivity index (χ1v) is 9.28. The lowest BCUT2D eigenvalue weighted by atomic mass is 10.0. The minimum absolute atomic E-state index is 0. The van der Waals surface area contributed by atoms with Gasteiger partial charge in [-0.05, 0) is 36.8 Å². The van der Waals surface area contributed by atoms with Gasteiger partial charge >= 0.3 is 5.97 Å². The Morgan fingerprint density at radius 3 is 2.43 bits per heavy atom. The summed E-state index contributed by atoms with van der Waals surface area (Å²) in [7, 11) is 1.37. The molecule has 0 radical (unpaired) electrons. The molecule has 0 saturated heterocycles. The summed E-state index contributed by atoms with van der Waals surface area (Å²) in [6.45, 7) is 2.07. The zero-order valence-corrected chi connectivity index (χ0v) is 16.9. The van der Waals surface area contributed by atoms with Crippen molar-refractivity contribution >= 4 is 51.4 Å². The maximum Gasteiger partial charge on any atom is 0.337 e. The molecule has 0 spiro atoms. The van der Waals surface area contributed by atoms with Crippen LogP contribution in [0, 0.1) is 6.92 Å². The number of nitrogens with one attached hydrogen (secondary N) is 1. The number of methoxy groups -OCH3 is 1. The molecule has 0 amide bonds. The molecular weight excluding hydrogens is 394 g/mol. The molecular formula is C21H18ClN3O2S. The number of aromatic nitrogens is 2. The number of esters is 1. The second-order valence-electron chi connectivity index (χ2n) is 6.11. The maximum absolute atomic E-state index is 11.6.